The summed E-state index contributed by atoms with van der Waals surface area (Å²) in [4.78, 5) is 39.8. The number of rotatable bonds is 7. The Morgan fingerprint density at radius 2 is 1.51 bits per heavy atom. The first kappa shape index (κ1) is 28.9. The molecule has 0 aromatic heterocycles. The molecular weight excluding hydrogens is 542 g/mol. The van der Waals surface area contributed by atoms with Gasteiger partial charge >= 0.3 is 0 Å². The van der Waals surface area contributed by atoms with Crippen LogP contribution in [0.4, 0.5) is 5.69 Å². The number of ketones is 2. The summed E-state index contributed by atoms with van der Waals surface area (Å²) in [6.07, 6.45) is 1.91. The van der Waals surface area contributed by atoms with Crippen LogP contribution in [0.2, 0.25) is 5.02 Å². The average Bonchev–Trinajstić information content (AvgIpc) is 2.86. The van der Waals surface area contributed by atoms with Crippen molar-refractivity contribution < 1.29 is 28.6 Å². The van der Waals surface area contributed by atoms with E-state index < -0.39 is 5.92 Å². The zero-order valence-electron chi connectivity index (χ0n) is 24.2. The number of Topliss-reactive ketones (excluding diaryl/α,β-unsaturated/α-hetero) is 2. The quantitative estimate of drug-likeness (QED) is 0.375. The number of carbonyl (C=O) groups excluding carboxylic acids is 3. The standard InChI is InChI=1S/C33H36ClNO6/c1-6-39-24-13-19(12-21(34)31(24)40-18-27(38)35-20-10-8-7-9-11-20)28-29-22(36)14-32(2,3)16-25(29)41-26-17-33(4,5)15-23(37)30(26)28/h7-13,28H,6,14-18H2,1-5H3,(H,35,38). The van der Waals surface area contributed by atoms with Gasteiger partial charge < -0.3 is 19.5 Å². The Morgan fingerprint density at radius 1 is 0.927 bits per heavy atom. The lowest BCUT2D eigenvalue weighted by molar-refractivity contribution is -0.120. The summed E-state index contributed by atoms with van der Waals surface area (Å²) in [6.45, 7) is 10.1. The van der Waals surface area contributed by atoms with Crippen molar-refractivity contribution in [3.8, 4) is 11.5 Å². The predicted octanol–water partition coefficient (Wildman–Crippen LogP) is 7.16. The smallest absolute Gasteiger partial charge is 0.262 e. The van der Waals surface area contributed by atoms with E-state index in [4.69, 9.17) is 25.8 Å². The number of allylic oxidation sites excluding steroid dienone is 4. The van der Waals surface area contributed by atoms with E-state index in [2.05, 4.69) is 33.0 Å². The van der Waals surface area contributed by atoms with Gasteiger partial charge in [0.2, 0.25) is 0 Å². The van der Waals surface area contributed by atoms with E-state index >= 15 is 0 Å². The highest BCUT2D eigenvalue weighted by molar-refractivity contribution is 6.32. The lowest BCUT2D eigenvalue weighted by Gasteiger charge is -2.42. The highest BCUT2D eigenvalue weighted by Crippen LogP contribution is 2.54. The van der Waals surface area contributed by atoms with Crippen molar-refractivity contribution in [2.45, 2.75) is 66.2 Å². The van der Waals surface area contributed by atoms with Crippen molar-refractivity contribution >= 4 is 34.8 Å². The summed E-state index contributed by atoms with van der Waals surface area (Å²) in [6, 6.07) is 12.6. The third kappa shape index (κ3) is 6.05. The molecule has 7 nitrogen and oxygen atoms in total. The van der Waals surface area contributed by atoms with E-state index in [1.165, 1.54) is 0 Å². The summed E-state index contributed by atoms with van der Waals surface area (Å²) >= 11 is 6.78. The normalized spacial score (nSPS) is 19.8. The van der Waals surface area contributed by atoms with Crippen molar-refractivity contribution in [2.24, 2.45) is 10.8 Å². The average molecular weight is 578 g/mol. The van der Waals surface area contributed by atoms with Gasteiger partial charge in [0.25, 0.3) is 5.91 Å². The molecule has 0 spiro atoms. The maximum atomic E-state index is 13.6. The Hall–Kier alpha value is -3.58. The van der Waals surface area contributed by atoms with E-state index in [1.807, 2.05) is 25.1 Å². The topological polar surface area (TPSA) is 90.9 Å². The minimum atomic E-state index is -0.618. The van der Waals surface area contributed by atoms with Crippen molar-refractivity contribution in [3.63, 3.8) is 0 Å². The summed E-state index contributed by atoms with van der Waals surface area (Å²) < 4.78 is 18.2. The molecule has 0 saturated heterocycles. The molecule has 0 atom stereocenters. The first-order chi connectivity index (χ1) is 19.4. The van der Waals surface area contributed by atoms with E-state index in [9.17, 15) is 14.4 Å². The largest absolute Gasteiger partial charge is 0.490 e. The number of para-hydroxylation sites is 1. The lowest BCUT2D eigenvalue weighted by atomic mass is 9.65. The molecule has 0 fully saturated rings. The molecule has 0 unspecified atom stereocenters. The van der Waals surface area contributed by atoms with Crippen LogP contribution in [0.5, 0.6) is 11.5 Å². The Morgan fingerprint density at radius 3 is 2.07 bits per heavy atom. The summed E-state index contributed by atoms with van der Waals surface area (Å²) in [7, 11) is 0. The Balaban J connectivity index is 1.53. The van der Waals surface area contributed by atoms with Crippen LogP contribution in [0.15, 0.2) is 65.1 Å². The monoisotopic (exact) mass is 577 g/mol. The third-order valence-corrected chi connectivity index (χ3v) is 7.93. The van der Waals surface area contributed by atoms with E-state index in [0.717, 1.165) is 0 Å². The molecule has 5 rings (SSSR count). The van der Waals surface area contributed by atoms with E-state index in [-0.39, 0.29) is 45.7 Å². The van der Waals surface area contributed by atoms with Crippen LogP contribution in [0.3, 0.4) is 0 Å². The maximum Gasteiger partial charge on any atom is 0.262 e. The second-order valence-electron chi connectivity index (χ2n) is 12.6. The molecule has 1 amide bonds. The fourth-order valence-electron chi connectivity index (χ4n) is 6.02. The number of hydrogen-bond donors (Lipinski definition) is 1. The minimum Gasteiger partial charge on any atom is -0.490 e. The molecule has 8 heteroatoms. The molecule has 1 heterocycles. The van der Waals surface area contributed by atoms with Gasteiger partial charge in [-0.05, 0) is 47.6 Å². The van der Waals surface area contributed by atoms with Gasteiger partial charge in [-0.2, -0.15) is 0 Å². The molecule has 2 aromatic carbocycles. The molecule has 2 aromatic rings. The highest BCUT2D eigenvalue weighted by Gasteiger charge is 2.48. The Bertz CT molecular complexity index is 1420. The lowest BCUT2D eigenvalue weighted by Crippen LogP contribution is -2.37. The number of carbonyl (C=O) groups is 3. The Kier molecular flexibility index (Phi) is 7.77. The number of nitrogens with one attached hydrogen (secondary N) is 1. The second kappa shape index (κ2) is 11.0. The van der Waals surface area contributed by atoms with Crippen molar-refractivity contribution in [3.05, 3.63) is 75.7 Å². The van der Waals surface area contributed by atoms with Gasteiger partial charge in [0, 0.05) is 48.4 Å². The molecule has 1 N–H and O–H groups in total. The fraction of sp³-hybridized carbons (Fsp3) is 0.424. The van der Waals surface area contributed by atoms with E-state index in [1.54, 1.807) is 24.3 Å². The number of benzene rings is 2. The molecule has 3 aliphatic rings. The van der Waals surface area contributed by atoms with Crippen LogP contribution in [-0.2, 0) is 19.1 Å². The number of amides is 1. The van der Waals surface area contributed by atoms with Crippen molar-refractivity contribution in [1.29, 1.82) is 0 Å². The molecule has 0 bridgehead atoms. The van der Waals surface area contributed by atoms with Crippen LogP contribution in [-0.4, -0.2) is 30.7 Å². The van der Waals surface area contributed by atoms with E-state index in [0.29, 0.717) is 72.0 Å². The van der Waals surface area contributed by atoms with Crippen LogP contribution in [0, 0.1) is 10.8 Å². The van der Waals surface area contributed by atoms with Gasteiger partial charge in [-0.3, -0.25) is 14.4 Å². The van der Waals surface area contributed by atoms with Gasteiger partial charge in [-0.1, -0.05) is 57.5 Å². The van der Waals surface area contributed by atoms with Crippen LogP contribution in [0.25, 0.3) is 0 Å². The maximum absolute atomic E-state index is 13.6. The van der Waals surface area contributed by atoms with Gasteiger partial charge in [-0.15, -0.1) is 0 Å². The fourth-order valence-corrected chi connectivity index (χ4v) is 6.30. The van der Waals surface area contributed by atoms with Crippen molar-refractivity contribution in [1.82, 2.24) is 0 Å². The Labute approximate surface area is 245 Å². The predicted molar refractivity (Wildman–Crippen MR) is 157 cm³/mol. The summed E-state index contributed by atoms with van der Waals surface area (Å²) in [5.74, 6) is 0.801. The molecule has 216 valence electrons. The van der Waals surface area contributed by atoms with Gasteiger partial charge in [0.1, 0.15) is 11.5 Å². The first-order valence-corrected chi connectivity index (χ1v) is 14.4. The minimum absolute atomic E-state index is 0.0302. The highest BCUT2D eigenvalue weighted by atomic mass is 35.5. The molecule has 2 aliphatic carbocycles. The SMILES string of the molecule is CCOc1cc(C2C3=C(CC(C)(C)CC3=O)OC3=C2C(=O)CC(C)(C)C3)cc(Cl)c1OCC(=O)Nc1ccccc1. The molecule has 1 aliphatic heterocycles. The van der Waals surface area contributed by atoms with Gasteiger partial charge in [0.15, 0.2) is 29.7 Å². The van der Waals surface area contributed by atoms with Gasteiger partial charge in [0.05, 0.1) is 11.6 Å². The van der Waals surface area contributed by atoms with Crippen LogP contribution < -0.4 is 14.8 Å². The first-order valence-electron chi connectivity index (χ1n) is 14.0. The second-order valence-corrected chi connectivity index (χ2v) is 13.0. The molecule has 0 radical (unpaired) electrons. The van der Waals surface area contributed by atoms with Crippen molar-refractivity contribution in [2.75, 3.05) is 18.5 Å². The molecular formula is C33H36ClNO6. The zero-order chi connectivity index (χ0) is 29.5. The van der Waals surface area contributed by atoms with Crippen LogP contribution in [0.1, 0.15) is 71.8 Å². The summed E-state index contributed by atoms with van der Waals surface area (Å²) in [5, 5.41) is 3.01. The summed E-state index contributed by atoms with van der Waals surface area (Å²) in [5.41, 5.74) is 1.85. The third-order valence-electron chi connectivity index (χ3n) is 7.65. The number of halogens is 1. The van der Waals surface area contributed by atoms with Crippen LogP contribution >= 0.6 is 11.6 Å². The molecule has 41 heavy (non-hydrogen) atoms. The number of anilines is 1. The number of hydrogen-bond acceptors (Lipinski definition) is 6. The zero-order valence-corrected chi connectivity index (χ0v) is 24.9. The van der Waals surface area contributed by atoms with Gasteiger partial charge in [-0.25, -0.2) is 0 Å². The number of ether oxygens (including phenoxy) is 3. The molecule has 0 saturated carbocycles.